The first-order valence-corrected chi connectivity index (χ1v) is 6.09. The number of hydrogen-bond acceptors (Lipinski definition) is 2. The van der Waals surface area contributed by atoms with E-state index >= 15 is 0 Å². The molecule has 0 unspecified atom stereocenters. The molecule has 0 aliphatic carbocycles. The molecule has 0 amide bonds. The van der Waals surface area contributed by atoms with Crippen molar-refractivity contribution in [3.8, 4) is 11.1 Å². The molecule has 2 aromatic rings. The molecule has 0 saturated heterocycles. The van der Waals surface area contributed by atoms with Gasteiger partial charge in [-0.15, -0.1) is 0 Å². The molecule has 0 atom stereocenters. The van der Waals surface area contributed by atoms with Crippen molar-refractivity contribution in [3.05, 3.63) is 59.7 Å². The van der Waals surface area contributed by atoms with E-state index in [9.17, 15) is 9.59 Å². The van der Waals surface area contributed by atoms with Gasteiger partial charge in [0.1, 0.15) is 0 Å². The Morgan fingerprint density at radius 2 is 1.37 bits per heavy atom. The van der Waals surface area contributed by atoms with Gasteiger partial charge in [-0.05, 0) is 23.1 Å². The predicted molar refractivity (Wildman–Crippen MR) is 73.2 cm³/mol. The molecule has 3 nitrogen and oxygen atoms in total. The van der Waals surface area contributed by atoms with Crippen molar-refractivity contribution in [2.75, 3.05) is 0 Å². The first kappa shape index (κ1) is 13.0. The van der Waals surface area contributed by atoms with Crippen LogP contribution in [0.15, 0.2) is 48.5 Å². The fourth-order valence-corrected chi connectivity index (χ4v) is 1.87. The summed E-state index contributed by atoms with van der Waals surface area (Å²) in [6, 6.07) is 14.8. The van der Waals surface area contributed by atoms with Crippen LogP contribution in [0.1, 0.15) is 22.8 Å². The molecule has 0 spiro atoms. The topological polar surface area (TPSA) is 54.4 Å². The Hall–Kier alpha value is -2.42. The fourth-order valence-electron chi connectivity index (χ4n) is 1.87. The molecule has 3 heteroatoms. The maximum atomic E-state index is 11.3. The number of aryl methyl sites for hydroxylation is 1. The molecule has 0 bridgehead atoms. The van der Waals surface area contributed by atoms with E-state index in [0.717, 1.165) is 17.5 Å². The highest BCUT2D eigenvalue weighted by Gasteiger charge is 2.13. The van der Waals surface area contributed by atoms with E-state index in [1.165, 1.54) is 5.56 Å². The van der Waals surface area contributed by atoms with Crippen molar-refractivity contribution < 1.29 is 14.7 Å². The van der Waals surface area contributed by atoms with E-state index in [4.69, 9.17) is 5.11 Å². The minimum Gasteiger partial charge on any atom is -0.475 e. The van der Waals surface area contributed by atoms with E-state index < -0.39 is 11.8 Å². The normalized spacial score (nSPS) is 10.2. The average molecular weight is 254 g/mol. The van der Waals surface area contributed by atoms with Gasteiger partial charge in [-0.3, -0.25) is 4.79 Å². The Balaban J connectivity index is 2.26. The summed E-state index contributed by atoms with van der Waals surface area (Å²) in [7, 11) is 0. The summed E-state index contributed by atoms with van der Waals surface area (Å²) in [4.78, 5) is 21.9. The molecule has 0 heterocycles. The summed E-state index contributed by atoms with van der Waals surface area (Å²) in [5, 5.41) is 8.63. The van der Waals surface area contributed by atoms with Crippen molar-refractivity contribution in [1.82, 2.24) is 0 Å². The predicted octanol–water partition coefficient (Wildman–Crippen LogP) is 3.18. The average Bonchev–Trinajstić information content (AvgIpc) is 2.46. The summed E-state index contributed by atoms with van der Waals surface area (Å²) in [5.74, 6) is -2.31. The van der Waals surface area contributed by atoms with Crippen LogP contribution in [0.4, 0.5) is 0 Å². The molecule has 0 aliphatic heterocycles. The maximum Gasteiger partial charge on any atom is 0.377 e. The van der Waals surface area contributed by atoms with Crippen LogP contribution in [0.25, 0.3) is 11.1 Å². The van der Waals surface area contributed by atoms with E-state index in [1.54, 1.807) is 24.3 Å². The standard InChI is InChI=1S/C16H14O3/c1-2-11-3-5-12(6-4-11)13-7-9-14(10-8-13)15(17)16(18)19/h3-10H,2H2,1H3,(H,18,19). The van der Waals surface area contributed by atoms with Crippen molar-refractivity contribution in [2.24, 2.45) is 0 Å². The van der Waals surface area contributed by atoms with Gasteiger partial charge in [0.2, 0.25) is 0 Å². The lowest BCUT2D eigenvalue weighted by Crippen LogP contribution is -2.12. The SMILES string of the molecule is CCc1ccc(-c2ccc(C(=O)C(=O)O)cc2)cc1. The van der Waals surface area contributed by atoms with Crippen LogP contribution in [0.3, 0.4) is 0 Å². The van der Waals surface area contributed by atoms with Crippen LogP contribution in [-0.4, -0.2) is 16.9 Å². The number of ketones is 1. The second kappa shape index (κ2) is 5.48. The van der Waals surface area contributed by atoms with E-state index in [0.29, 0.717) is 0 Å². The first-order valence-electron chi connectivity index (χ1n) is 6.09. The molecule has 0 radical (unpaired) electrons. The number of rotatable bonds is 4. The Morgan fingerprint density at radius 1 is 0.895 bits per heavy atom. The van der Waals surface area contributed by atoms with Gasteiger partial charge in [0.05, 0.1) is 0 Å². The Bertz CT molecular complexity index is 595. The highest BCUT2D eigenvalue weighted by atomic mass is 16.4. The second-order valence-electron chi connectivity index (χ2n) is 4.26. The van der Waals surface area contributed by atoms with Gasteiger partial charge in [-0.2, -0.15) is 0 Å². The van der Waals surface area contributed by atoms with E-state index in [2.05, 4.69) is 19.1 Å². The van der Waals surface area contributed by atoms with Crippen LogP contribution >= 0.6 is 0 Å². The Morgan fingerprint density at radius 3 is 1.79 bits per heavy atom. The van der Waals surface area contributed by atoms with Gasteiger partial charge in [-0.1, -0.05) is 55.5 Å². The third kappa shape index (κ3) is 2.88. The summed E-state index contributed by atoms with van der Waals surface area (Å²) in [6.07, 6.45) is 0.992. The summed E-state index contributed by atoms with van der Waals surface area (Å²) >= 11 is 0. The molecule has 0 aliphatic rings. The summed E-state index contributed by atoms with van der Waals surface area (Å²) < 4.78 is 0. The van der Waals surface area contributed by atoms with Crippen molar-refractivity contribution in [1.29, 1.82) is 0 Å². The number of carbonyl (C=O) groups excluding carboxylic acids is 1. The van der Waals surface area contributed by atoms with Crippen molar-refractivity contribution in [2.45, 2.75) is 13.3 Å². The minimum atomic E-state index is -1.43. The summed E-state index contributed by atoms with van der Waals surface area (Å²) in [6.45, 7) is 2.10. The molecule has 19 heavy (non-hydrogen) atoms. The smallest absolute Gasteiger partial charge is 0.377 e. The largest absolute Gasteiger partial charge is 0.475 e. The lowest BCUT2D eigenvalue weighted by molar-refractivity contribution is -0.131. The molecule has 1 N–H and O–H groups in total. The highest BCUT2D eigenvalue weighted by molar-refractivity contribution is 6.39. The first-order chi connectivity index (χ1) is 9.11. The molecular weight excluding hydrogens is 240 g/mol. The third-order valence-electron chi connectivity index (χ3n) is 3.04. The van der Waals surface area contributed by atoms with Crippen LogP contribution in [-0.2, 0) is 11.2 Å². The zero-order valence-electron chi connectivity index (χ0n) is 10.6. The van der Waals surface area contributed by atoms with E-state index in [1.807, 2.05) is 12.1 Å². The van der Waals surface area contributed by atoms with Gasteiger partial charge in [0, 0.05) is 5.56 Å². The quantitative estimate of drug-likeness (QED) is 0.673. The number of benzene rings is 2. The van der Waals surface area contributed by atoms with Gasteiger partial charge < -0.3 is 5.11 Å². The lowest BCUT2D eigenvalue weighted by atomic mass is 10.0. The number of carbonyl (C=O) groups is 2. The number of Topliss-reactive ketones (excluding diaryl/α,β-unsaturated/α-hetero) is 1. The monoisotopic (exact) mass is 254 g/mol. The number of carboxylic acid groups (broad SMARTS) is 1. The molecule has 96 valence electrons. The van der Waals surface area contributed by atoms with Crippen molar-refractivity contribution >= 4 is 11.8 Å². The zero-order valence-corrected chi connectivity index (χ0v) is 10.6. The van der Waals surface area contributed by atoms with Crippen LogP contribution in [0.2, 0.25) is 0 Å². The van der Waals surface area contributed by atoms with Crippen molar-refractivity contribution in [3.63, 3.8) is 0 Å². The molecule has 2 rings (SSSR count). The van der Waals surface area contributed by atoms with E-state index in [-0.39, 0.29) is 5.56 Å². The molecule has 0 aromatic heterocycles. The Kier molecular flexibility index (Phi) is 3.76. The van der Waals surface area contributed by atoms with Crippen LogP contribution in [0.5, 0.6) is 0 Å². The van der Waals surface area contributed by atoms with Gasteiger partial charge in [-0.25, -0.2) is 4.79 Å². The molecule has 0 saturated carbocycles. The fraction of sp³-hybridized carbons (Fsp3) is 0.125. The minimum absolute atomic E-state index is 0.196. The third-order valence-corrected chi connectivity index (χ3v) is 3.04. The highest BCUT2D eigenvalue weighted by Crippen LogP contribution is 2.20. The number of carboxylic acids is 1. The zero-order chi connectivity index (χ0) is 13.8. The number of hydrogen-bond donors (Lipinski definition) is 1. The van der Waals surface area contributed by atoms with Gasteiger partial charge in [0.15, 0.2) is 0 Å². The molecule has 0 fully saturated rings. The number of aliphatic carboxylic acids is 1. The summed E-state index contributed by atoms with van der Waals surface area (Å²) in [5.41, 5.74) is 3.47. The molecular formula is C16H14O3. The van der Waals surface area contributed by atoms with Gasteiger partial charge >= 0.3 is 5.97 Å². The Labute approximate surface area is 111 Å². The second-order valence-corrected chi connectivity index (χ2v) is 4.26. The molecule has 2 aromatic carbocycles. The van der Waals surface area contributed by atoms with Crippen LogP contribution in [0, 0.1) is 0 Å². The lowest BCUT2D eigenvalue weighted by Gasteiger charge is -2.04. The van der Waals surface area contributed by atoms with Gasteiger partial charge in [0.25, 0.3) is 5.78 Å². The maximum absolute atomic E-state index is 11.3. The van der Waals surface area contributed by atoms with Crippen LogP contribution < -0.4 is 0 Å².